The maximum atomic E-state index is 13.4. The molecule has 0 saturated carbocycles. The number of ketones is 1. The average molecular weight is 450 g/mol. The minimum absolute atomic E-state index is 0.119. The summed E-state index contributed by atoms with van der Waals surface area (Å²) in [6.45, 7) is 4.32. The zero-order valence-electron chi connectivity index (χ0n) is 18.2. The first-order valence-corrected chi connectivity index (χ1v) is 10.6. The van der Waals surface area contributed by atoms with Gasteiger partial charge in [-0.3, -0.25) is 14.5 Å². The van der Waals surface area contributed by atoms with E-state index in [-0.39, 0.29) is 17.0 Å². The van der Waals surface area contributed by atoms with E-state index in [4.69, 9.17) is 9.26 Å². The van der Waals surface area contributed by atoms with Crippen molar-refractivity contribution in [1.29, 1.82) is 0 Å². The van der Waals surface area contributed by atoms with Crippen molar-refractivity contribution in [2.75, 3.05) is 11.5 Å². The topological polar surface area (TPSA) is 92.9 Å². The molecular formula is C25H23FN2O5. The molecule has 2 aromatic carbocycles. The second kappa shape index (κ2) is 9.28. The number of hydrogen-bond donors (Lipinski definition) is 1. The van der Waals surface area contributed by atoms with E-state index < -0.39 is 29.3 Å². The lowest BCUT2D eigenvalue weighted by Crippen LogP contribution is -2.29. The van der Waals surface area contributed by atoms with Gasteiger partial charge in [-0.15, -0.1) is 0 Å². The second-order valence-corrected chi connectivity index (χ2v) is 7.74. The minimum Gasteiger partial charge on any atom is -0.507 e. The van der Waals surface area contributed by atoms with Crippen LogP contribution in [-0.2, 0) is 9.59 Å². The molecule has 0 radical (unpaired) electrons. The van der Waals surface area contributed by atoms with Crippen LogP contribution in [-0.4, -0.2) is 28.6 Å². The molecule has 4 rings (SSSR count). The van der Waals surface area contributed by atoms with Crippen molar-refractivity contribution in [3.63, 3.8) is 0 Å². The Bertz CT molecular complexity index is 1200. The Morgan fingerprint density at radius 1 is 1.15 bits per heavy atom. The standard InChI is InChI=1S/C25H23FN2O5/c1-3-4-13-32-19-11-7-16(8-12-19)22-21(23(29)17-5-9-18(26)10-6-17)24(30)25(31)28(22)20-14-15(2)33-27-20/h5-12,14,22,29H,3-4,13H2,1-2H3/b23-21-. The van der Waals surface area contributed by atoms with Crippen molar-refractivity contribution in [1.82, 2.24) is 5.16 Å². The van der Waals surface area contributed by atoms with Crippen LogP contribution in [0.25, 0.3) is 5.76 Å². The van der Waals surface area contributed by atoms with Crippen LogP contribution < -0.4 is 9.64 Å². The number of hydrogen-bond acceptors (Lipinski definition) is 6. The SMILES string of the molecule is CCCCOc1ccc(C2/C(=C(/O)c3ccc(F)cc3)C(=O)C(=O)N2c2cc(C)on2)cc1. The third-order valence-electron chi connectivity index (χ3n) is 5.39. The van der Waals surface area contributed by atoms with E-state index in [1.54, 1.807) is 31.2 Å². The summed E-state index contributed by atoms with van der Waals surface area (Å²) < 4.78 is 24.2. The molecule has 1 N–H and O–H groups in total. The fourth-order valence-electron chi connectivity index (χ4n) is 3.69. The molecule has 7 nitrogen and oxygen atoms in total. The molecule has 1 aliphatic rings. The summed E-state index contributed by atoms with van der Waals surface area (Å²) in [7, 11) is 0. The number of carbonyl (C=O) groups is 2. The van der Waals surface area contributed by atoms with Crippen molar-refractivity contribution in [3.8, 4) is 5.75 Å². The number of aliphatic hydroxyl groups excluding tert-OH is 1. The lowest BCUT2D eigenvalue weighted by molar-refractivity contribution is -0.132. The Hall–Kier alpha value is -3.94. The van der Waals surface area contributed by atoms with E-state index in [0.29, 0.717) is 23.7 Å². The van der Waals surface area contributed by atoms with Gasteiger partial charge in [0, 0.05) is 11.6 Å². The molecule has 1 atom stereocenters. The number of aryl methyl sites for hydroxylation is 1. The number of nitrogens with zero attached hydrogens (tertiary/aromatic N) is 2. The number of aliphatic hydroxyl groups is 1. The molecular weight excluding hydrogens is 427 g/mol. The van der Waals surface area contributed by atoms with Crippen LogP contribution in [0.15, 0.2) is 64.7 Å². The van der Waals surface area contributed by atoms with Crippen LogP contribution >= 0.6 is 0 Å². The van der Waals surface area contributed by atoms with Crippen molar-refractivity contribution in [2.24, 2.45) is 0 Å². The monoisotopic (exact) mass is 450 g/mol. The zero-order chi connectivity index (χ0) is 23.5. The van der Waals surface area contributed by atoms with Crippen molar-refractivity contribution in [2.45, 2.75) is 32.7 Å². The fraction of sp³-hybridized carbons (Fsp3) is 0.240. The van der Waals surface area contributed by atoms with Gasteiger partial charge in [-0.05, 0) is 55.3 Å². The summed E-state index contributed by atoms with van der Waals surface area (Å²) in [5.74, 6) is -1.33. The highest BCUT2D eigenvalue weighted by molar-refractivity contribution is 6.51. The van der Waals surface area contributed by atoms with E-state index in [9.17, 15) is 19.1 Å². The molecule has 170 valence electrons. The number of aromatic nitrogens is 1. The third kappa shape index (κ3) is 4.37. The first kappa shape index (κ1) is 22.3. The largest absolute Gasteiger partial charge is 0.507 e. The smallest absolute Gasteiger partial charge is 0.301 e. The molecule has 1 amide bonds. The summed E-state index contributed by atoms with van der Waals surface area (Å²) in [5.41, 5.74) is 0.670. The highest BCUT2D eigenvalue weighted by Crippen LogP contribution is 2.42. The molecule has 33 heavy (non-hydrogen) atoms. The van der Waals surface area contributed by atoms with Gasteiger partial charge in [0.15, 0.2) is 5.82 Å². The minimum atomic E-state index is -0.954. The van der Waals surface area contributed by atoms with E-state index >= 15 is 0 Å². The van der Waals surface area contributed by atoms with E-state index in [0.717, 1.165) is 12.8 Å². The highest BCUT2D eigenvalue weighted by Gasteiger charge is 2.48. The number of anilines is 1. The Morgan fingerprint density at radius 3 is 2.45 bits per heavy atom. The van der Waals surface area contributed by atoms with Gasteiger partial charge in [-0.1, -0.05) is 30.6 Å². The van der Waals surface area contributed by atoms with Gasteiger partial charge < -0.3 is 14.4 Å². The Balaban J connectivity index is 1.81. The molecule has 1 saturated heterocycles. The average Bonchev–Trinajstić information content (AvgIpc) is 3.35. The summed E-state index contributed by atoms with van der Waals surface area (Å²) in [6, 6.07) is 12.6. The van der Waals surface area contributed by atoms with Crippen molar-refractivity contribution in [3.05, 3.63) is 82.9 Å². The van der Waals surface area contributed by atoms with Crippen LogP contribution in [0.5, 0.6) is 5.75 Å². The van der Waals surface area contributed by atoms with Crippen LogP contribution in [0.3, 0.4) is 0 Å². The zero-order valence-corrected chi connectivity index (χ0v) is 18.2. The molecule has 1 aliphatic heterocycles. The van der Waals surface area contributed by atoms with Crippen molar-refractivity contribution < 1.29 is 28.3 Å². The Kier molecular flexibility index (Phi) is 6.26. The molecule has 2 heterocycles. The second-order valence-electron chi connectivity index (χ2n) is 7.74. The van der Waals surface area contributed by atoms with E-state index in [1.165, 1.54) is 35.2 Å². The lowest BCUT2D eigenvalue weighted by Gasteiger charge is -2.23. The summed E-state index contributed by atoms with van der Waals surface area (Å²) in [5, 5.41) is 14.9. The molecule has 8 heteroatoms. The number of Topliss-reactive ketones (excluding diaryl/α,β-unsaturated/α-hetero) is 1. The maximum Gasteiger partial charge on any atom is 0.301 e. The number of carbonyl (C=O) groups excluding carboxylic acids is 2. The molecule has 1 aromatic heterocycles. The van der Waals surface area contributed by atoms with Gasteiger partial charge in [0.1, 0.15) is 23.1 Å². The van der Waals surface area contributed by atoms with Crippen LogP contribution in [0, 0.1) is 12.7 Å². The molecule has 0 spiro atoms. The number of unbranched alkanes of at least 4 members (excludes halogenated alkanes) is 1. The first-order chi connectivity index (χ1) is 15.9. The molecule has 3 aromatic rings. The van der Waals surface area contributed by atoms with Gasteiger partial charge >= 0.3 is 5.91 Å². The fourth-order valence-corrected chi connectivity index (χ4v) is 3.69. The number of halogens is 1. The van der Waals surface area contributed by atoms with Crippen LogP contribution in [0.1, 0.15) is 42.7 Å². The van der Waals surface area contributed by atoms with Gasteiger partial charge in [-0.25, -0.2) is 4.39 Å². The lowest BCUT2D eigenvalue weighted by atomic mass is 9.95. The number of ether oxygens (including phenoxy) is 1. The van der Waals surface area contributed by atoms with Crippen LogP contribution in [0.4, 0.5) is 10.2 Å². The van der Waals surface area contributed by atoms with E-state index in [2.05, 4.69) is 12.1 Å². The molecule has 1 unspecified atom stereocenters. The van der Waals surface area contributed by atoms with Gasteiger partial charge in [0.05, 0.1) is 18.2 Å². The highest BCUT2D eigenvalue weighted by atomic mass is 19.1. The number of rotatable bonds is 7. The third-order valence-corrected chi connectivity index (χ3v) is 5.39. The predicted molar refractivity (Wildman–Crippen MR) is 119 cm³/mol. The quantitative estimate of drug-likeness (QED) is 0.238. The van der Waals surface area contributed by atoms with Gasteiger partial charge in [0.25, 0.3) is 5.78 Å². The summed E-state index contributed by atoms with van der Waals surface area (Å²) in [4.78, 5) is 27.2. The number of amides is 1. The number of benzene rings is 2. The first-order valence-electron chi connectivity index (χ1n) is 10.6. The molecule has 0 bridgehead atoms. The molecule has 1 fully saturated rings. The Labute approximate surface area is 190 Å². The predicted octanol–water partition coefficient (Wildman–Crippen LogP) is 4.93. The summed E-state index contributed by atoms with van der Waals surface area (Å²) >= 11 is 0. The van der Waals surface area contributed by atoms with Gasteiger partial charge in [-0.2, -0.15) is 0 Å². The van der Waals surface area contributed by atoms with Gasteiger partial charge in [0.2, 0.25) is 0 Å². The molecule has 0 aliphatic carbocycles. The normalized spacial score (nSPS) is 17.5. The van der Waals surface area contributed by atoms with Crippen LogP contribution in [0.2, 0.25) is 0 Å². The van der Waals surface area contributed by atoms with E-state index in [1.807, 2.05) is 0 Å². The summed E-state index contributed by atoms with van der Waals surface area (Å²) in [6.07, 6.45) is 1.93. The van der Waals surface area contributed by atoms with Crippen molar-refractivity contribution >= 4 is 23.3 Å². The Morgan fingerprint density at radius 2 is 1.85 bits per heavy atom. The maximum absolute atomic E-state index is 13.4.